The first-order valence-corrected chi connectivity index (χ1v) is 10.4. The zero-order valence-electron chi connectivity index (χ0n) is 17.2. The van der Waals surface area contributed by atoms with Crippen LogP contribution in [0.25, 0.3) is 22.8 Å². The number of nitrogens with one attached hydrogen (secondary N) is 2. The highest BCUT2D eigenvalue weighted by Crippen LogP contribution is 2.33. The molecule has 2 amide bonds. The summed E-state index contributed by atoms with van der Waals surface area (Å²) in [6.07, 6.45) is 5.54. The van der Waals surface area contributed by atoms with Crippen molar-refractivity contribution in [2.75, 3.05) is 18.9 Å². The number of fused-ring (bicyclic) bond motifs is 1. The third kappa shape index (κ3) is 3.78. The number of likely N-dealkylation sites (tertiary alicyclic amines) is 1. The minimum Gasteiger partial charge on any atom is -0.464 e. The first-order valence-electron chi connectivity index (χ1n) is 10.4. The summed E-state index contributed by atoms with van der Waals surface area (Å²) in [6.45, 7) is 1.00. The molecule has 6 nitrogen and oxygen atoms in total. The molecule has 0 bridgehead atoms. The molecule has 31 heavy (non-hydrogen) atoms. The third-order valence-corrected chi connectivity index (χ3v) is 5.89. The number of nitrogens with zero attached hydrogens (tertiary/aromatic N) is 1. The summed E-state index contributed by atoms with van der Waals surface area (Å²) in [5, 5.41) is 5.96. The van der Waals surface area contributed by atoms with Crippen molar-refractivity contribution in [3.8, 4) is 11.1 Å². The summed E-state index contributed by atoms with van der Waals surface area (Å²) in [4.78, 5) is 27.2. The maximum atomic E-state index is 12.7. The zero-order valence-corrected chi connectivity index (χ0v) is 17.2. The fourth-order valence-corrected chi connectivity index (χ4v) is 4.17. The van der Waals surface area contributed by atoms with Gasteiger partial charge in [-0.15, -0.1) is 0 Å². The Morgan fingerprint density at radius 2 is 2.03 bits per heavy atom. The van der Waals surface area contributed by atoms with E-state index in [4.69, 9.17) is 4.42 Å². The van der Waals surface area contributed by atoms with Crippen LogP contribution in [0.3, 0.4) is 0 Å². The van der Waals surface area contributed by atoms with Crippen molar-refractivity contribution >= 4 is 29.2 Å². The lowest BCUT2D eigenvalue weighted by atomic mass is 10.0. The van der Waals surface area contributed by atoms with Crippen LogP contribution in [0.1, 0.15) is 34.5 Å². The summed E-state index contributed by atoms with van der Waals surface area (Å²) in [6, 6.07) is 16.9. The van der Waals surface area contributed by atoms with Crippen LogP contribution in [-0.4, -0.2) is 36.5 Å². The van der Waals surface area contributed by atoms with Gasteiger partial charge in [-0.3, -0.25) is 14.5 Å². The number of carbonyl (C=O) groups excluding carboxylic acids is 2. The van der Waals surface area contributed by atoms with Crippen molar-refractivity contribution in [1.82, 2.24) is 10.2 Å². The maximum Gasteiger partial charge on any atom is 0.256 e. The van der Waals surface area contributed by atoms with E-state index < -0.39 is 0 Å². The number of para-hydroxylation sites is 1. The average molecular weight is 413 g/mol. The monoisotopic (exact) mass is 413 g/mol. The number of amides is 2. The molecule has 1 atom stereocenters. The lowest BCUT2D eigenvalue weighted by molar-refractivity contribution is -0.110. The van der Waals surface area contributed by atoms with Gasteiger partial charge in [0.05, 0.1) is 18.0 Å². The van der Waals surface area contributed by atoms with E-state index >= 15 is 0 Å². The Bertz CT molecular complexity index is 1190. The molecule has 5 rings (SSSR count). The van der Waals surface area contributed by atoms with Gasteiger partial charge in [-0.2, -0.15) is 0 Å². The Morgan fingerprint density at radius 3 is 2.87 bits per heavy atom. The smallest absolute Gasteiger partial charge is 0.256 e. The van der Waals surface area contributed by atoms with Crippen LogP contribution < -0.4 is 10.6 Å². The zero-order chi connectivity index (χ0) is 21.4. The highest BCUT2D eigenvalue weighted by atomic mass is 16.3. The SMILES string of the molecule is CN1CCCC1NC(=O)c1cccc(-c2coc(C=C3C(=O)Nc4ccccc43)c2)c1. The molecule has 6 heteroatoms. The van der Waals surface area contributed by atoms with E-state index in [1.807, 2.05) is 61.6 Å². The van der Waals surface area contributed by atoms with E-state index in [1.165, 1.54) is 0 Å². The number of hydrogen-bond donors (Lipinski definition) is 2. The Morgan fingerprint density at radius 1 is 1.16 bits per heavy atom. The van der Waals surface area contributed by atoms with E-state index in [9.17, 15) is 9.59 Å². The van der Waals surface area contributed by atoms with Crippen LogP contribution >= 0.6 is 0 Å². The van der Waals surface area contributed by atoms with Crippen LogP contribution in [0.2, 0.25) is 0 Å². The van der Waals surface area contributed by atoms with Crippen molar-refractivity contribution in [2.24, 2.45) is 0 Å². The lowest BCUT2D eigenvalue weighted by Crippen LogP contribution is -2.42. The minimum atomic E-state index is -0.144. The van der Waals surface area contributed by atoms with Crippen LogP contribution in [0, 0.1) is 0 Å². The normalized spacial score (nSPS) is 19.5. The van der Waals surface area contributed by atoms with E-state index in [2.05, 4.69) is 15.5 Å². The molecule has 1 aromatic heterocycles. The van der Waals surface area contributed by atoms with Crippen molar-refractivity contribution in [3.63, 3.8) is 0 Å². The highest BCUT2D eigenvalue weighted by Gasteiger charge is 2.24. The first kappa shape index (κ1) is 19.3. The number of rotatable bonds is 4. The van der Waals surface area contributed by atoms with Crippen LogP contribution in [0.15, 0.2) is 65.3 Å². The molecule has 2 aliphatic heterocycles. The van der Waals surface area contributed by atoms with Gasteiger partial charge in [-0.05, 0) is 62.3 Å². The van der Waals surface area contributed by atoms with E-state index in [1.54, 1.807) is 12.3 Å². The quantitative estimate of drug-likeness (QED) is 0.628. The van der Waals surface area contributed by atoms with Gasteiger partial charge >= 0.3 is 0 Å². The summed E-state index contributed by atoms with van der Waals surface area (Å²) < 4.78 is 5.70. The second-order valence-corrected chi connectivity index (χ2v) is 7.99. The molecule has 3 aromatic rings. The van der Waals surface area contributed by atoms with Gasteiger partial charge in [0.15, 0.2) is 0 Å². The Kier molecular flexibility index (Phi) is 4.92. The largest absolute Gasteiger partial charge is 0.464 e. The molecule has 1 unspecified atom stereocenters. The van der Waals surface area contributed by atoms with Crippen molar-refractivity contribution in [1.29, 1.82) is 0 Å². The molecule has 1 fully saturated rings. The Balaban J connectivity index is 1.37. The van der Waals surface area contributed by atoms with Gasteiger partial charge in [0.2, 0.25) is 0 Å². The van der Waals surface area contributed by atoms with Gasteiger partial charge in [0.25, 0.3) is 11.8 Å². The van der Waals surface area contributed by atoms with Crippen molar-refractivity contribution in [2.45, 2.75) is 19.0 Å². The molecule has 0 saturated carbocycles. The fraction of sp³-hybridized carbons (Fsp3) is 0.200. The average Bonchev–Trinajstić information content (AvgIpc) is 3.49. The van der Waals surface area contributed by atoms with Crippen LogP contribution in [0.5, 0.6) is 0 Å². The van der Waals surface area contributed by atoms with Crippen molar-refractivity contribution in [3.05, 3.63) is 77.7 Å². The standard InChI is InChI=1S/C25H23N3O3/c1-28-11-5-10-23(28)27-24(29)17-7-4-6-16(12-17)18-13-19(31-15-18)14-21-20-8-2-3-9-22(20)26-25(21)30/h2-4,6-9,12-15,23H,5,10-11H2,1H3,(H,26,30)(H,27,29). The lowest BCUT2D eigenvalue weighted by Gasteiger charge is -2.20. The van der Waals surface area contributed by atoms with Crippen LogP contribution in [-0.2, 0) is 4.79 Å². The summed E-state index contributed by atoms with van der Waals surface area (Å²) in [5.74, 6) is 0.361. The number of anilines is 1. The second kappa shape index (κ2) is 7.89. The van der Waals surface area contributed by atoms with E-state index in [0.29, 0.717) is 16.9 Å². The van der Waals surface area contributed by atoms with Gasteiger partial charge in [-0.1, -0.05) is 30.3 Å². The molecule has 0 radical (unpaired) electrons. The topological polar surface area (TPSA) is 74.6 Å². The highest BCUT2D eigenvalue weighted by molar-refractivity contribution is 6.34. The maximum absolute atomic E-state index is 12.7. The van der Waals surface area contributed by atoms with Gasteiger partial charge < -0.3 is 15.1 Å². The first-order chi connectivity index (χ1) is 15.1. The van der Waals surface area contributed by atoms with E-state index in [-0.39, 0.29) is 18.0 Å². The number of benzene rings is 2. The van der Waals surface area contributed by atoms with Gasteiger partial charge in [0, 0.05) is 22.4 Å². The number of furan rings is 1. The predicted molar refractivity (Wildman–Crippen MR) is 120 cm³/mol. The molecule has 2 N–H and O–H groups in total. The molecule has 156 valence electrons. The third-order valence-electron chi connectivity index (χ3n) is 5.89. The van der Waals surface area contributed by atoms with Crippen LogP contribution in [0.4, 0.5) is 5.69 Å². The van der Waals surface area contributed by atoms with Crippen molar-refractivity contribution < 1.29 is 14.0 Å². The minimum absolute atomic E-state index is 0.0781. The van der Waals surface area contributed by atoms with Gasteiger partial charge in [0.1, 0.15) is 5.76 Å². The predicted octanol–water partition coefficient (Wildman–Crippen LogP) is 4.22. The summed E-state index contributed by atoms with van der Waals surface area (Å²) >= 11 is 0. The molecular formula is C25H23N3O3. The summed E-state index contributed by atoms with van der Waals surface area (Å²) in [7, 11) is 2.03. The van der Waals surface area contributed by atoms with E-state index in [0.717, 1.165) is 41.8 Å². The Hall–Kier alpha value is -3.64. The Labute approximate surface area is 180 Å². The molecular weight excluding hydrogens is 390 g/mol. The number of hydrogen-bond acceptors (Lipinski definition) is 4. The number of carbonyl (C=O) groups is 2. The fourth-order valence-electron chi connectivity index (χ4n) is 4.17. The van der Waals surface area contributed by atoms with Gasteiger partial charge in [-0.25, -0.2) is 0 Å². The molecule has 0 aliphatic carbocycles. The summed E-state index contributed by atoms with van der Waals surface area (Å²) in [5.41, 5.74) is 4.59. The molecule has 1 saturated heterocycles. The molecule has 0 spiro atoms. The molecule has 3 heterocycles. The second-order valence-electron chi connectivity index (χ2n) is 7.99. The molecule has 2 aromatic carbocycles. The molecule has 2 aliphatic rings.